The number of rotatable bonds is 5. The second kappa shape index (κ2) is 8.45. The Morgan fingerprint density at radius 3 is 2.60 bits per heavy atom. The molecule has 5 heteroatoms. The lowest BCUT2D eigenvalue weighted by molar-refractivity contribution is 0.161. The molecule has 1 N–H and O–H groups in total. The highest BCUT2D eigenvalue weighted by Crippen LogP contribution is 2.30. The number of ether oxygens (including phenoxy) is 1. The summed E-state index contributed by atoms with van der Waals surface area (Å²) in [5.41, 5.74) is 0.796. The quantitative estimate of drug-likeness (QED) is 0.905. The molecule has 0 aliphatic carbocycles. The van der Waals surface area contributed by atoms with Gasteiger partial charge in [-0.3, -0.25) is 4.90 Å². The molecular weight excluding hydrogens is 279 g/mol. The number of methoxy groups -OCH3 is 1. The van der Waals surface area contributed by atoms with E-state index in [4.69, 9.17) is 4.74 Å². The molecule has 0 aromatic heterocycles. The van der Waals surface area contributed by atoms with Crippen LogP contribution in [0.15, 0.2) is 18.2 Å². The topological polar surface area (TPSA) is 24.5 Å². The molecule has 1 aliphatic rings. The molecule has 1 aromatic carbocycles. The second-order valence-electron chi connectivity index (χ2n) is 4.98. The molecule has 114 valence electrons. The molecule has 3 nitrogen and oxygen atoms in total. The number of piperazine rings is 1. The lowest BCUT2D eigenvalue weighted by Gasteiger charge is -2.35. The molecule has 1 fully saturated rings. The van der Waals surface area contributed by atoms with Gasteiger partial charge in [-0.15, -0.1) is 12.4 Å². The molecule has 0 bridgehead atoms. The van der Waals surface area contributed by atoms with Gasteiger partial charge in [0.15, 0.2) is 0 Å². The van der Waals surface area contributed by atoms with Crippen molar-refractivity contribution in [3.63, 3.8) is 0 Å². The first-order valence-electron chi connectivity index (χ1n) is 7.04. The van der Waals surface area contributed by atoms with Gasteiger partial charge in [0.05, 0.1) is 7.11 Å². The first-order chi connectivity index (χ1) is 9.26. The largest absolute Gasteiger partial charge is 0.497 e. The molecule has 1 saturated heterocycles. The lowest BCUT2D eigenvalue weighted by Crippen LogP contribution is -2.45. The van der Waals surface area contributed by atoms with Crippen molar-refractivity contribution >= 4 is 12.4 Å². The van der Waals surface area contributed by atoms with E-state index in [0.29, 0.717) is 5.75 Å². The number of nitrogens with one attached hydrogen (secondary N) is 1. The summed E-state index contributed by atoms with van der Waals surface area (Å²) in [5, 5.41) is 3.34. The molecule has 0 saturated carbocycles. The van der Waals surface area contributed by atoms with Gasteiger partial charge in [-0.1, -0.05) is 19.4 Å². The molecular formula is C15H24ClFN2O. The maximum atomic E-state index is 14.2. The molecule has 1 aliphatic heterocycles. The van der Waals surface area contributed by atoms with Gasteiger partial charge in [0.25, 0.3) is 0 Å². The minimum absolute atomic E-state index is 0. The van der Waals surface area contributed by atoms with Gasteiger partial charge >= 0.3 is 0 Å². The van der Waals surface area contributed by atoms with Crippen LogP contribution in [0.2, 0.25) is 0 Å². The van der Waals surface area contributed by atoms with Crippen molar-refractivity contribution in [2.24, 2.45) is 0 Å². The average molecular weight is 303 g/mol. The van der Waals surface area contributed by atoms with E-state index in [1.165, 1.54) is 6.07 Å². The third-order valence-corrected chi connectivity index (χ3v) is 3.72. The van der Waals surface area contributed by atoms with E-state index in [1.807, 2.05) is 12.1 Å². The molecule has 0 amide bonds. The van der Waals surface area contributed by atoms with Crippen LogP contribution in [0, 0.1) is 5.82 Å². The predicted molar refractivity (Wildman–Crippen MR) is 82.3 cm³/mol. The van der Waals surface area contributed by atoms with E-state index < -0.39 is 0 Å². The third kappa shape index (κ3) is 4.08. The Morgan fingerprint density at radius 2 is 2.05 bits per heavy atom. The van der Waals surface area contributed by atoms with Crippen LogP contribution in [0.25, 0.3) is 0 Å². The fraction of sp³-hybridized carbons (Fsp3) is 0.600. The van der Waals surface area contributed by atoms with Crippen molar-refractivity contribution in [3.8, 4) is 5.75 Å². The average Bonchev–Trinajstić information content (AvgIpc) is 2.46. The van der Waals surface area contributed by atoms with Crippen molar-refractivity contribution in [2.75, 3.05) is 33.3 Å². The molecule has 0 spiro atoms. The van der Waals surface area contributed by atoms with E-state index in [9.17, 15) is 4.39 Å². The summed E-state index contributed by atoms with van der Waals surface area (Å²) in [6.07, 6.45) is 2.04. The van der Waals surface area contributed by atoms with Crippen LogP contribution in [0.1, 0.15) is 31.4 Å². The van der Waals surface area contributed by atoms with E-state index in [1.54, 1.807) is 7.11 Å². The molecule has 1 aromatic rings. The zero-order valence-corrected chi connectivity index (χ0v) is 13.0. The lowest BCUT2D eigenvalue weighted by atomic mass is 9.99. The fourth-order valence-electron chi connectivity index (χ4n) is 2.71. The molecule has 2 rings (SSSR count). The number of benzene rings is 1. The van der Waals surface area contributed by atoms with Crippen LogP contribution in [-0.2, 0) is 0 Å². The number of halogens is 2. The summed E-state index contributed by atoms with van der Waals surface area (Å²) < 4.78 is 19.3. The first kappa shape index (κ1) is 17.2. The zero-order chi connectivity index (χ0) is 13.7. The summed E-state index contributed by atoms with van der Waals surface area (Å²) >= 11 is 0. The third-order valence-electron chi connectivity index (χ3n) is 3.72. The predicted octanol–water partition coefficient (Wildman–Crippen LogP) is 3.00. The van der Waals surface area contributed by atoms with Crippen LogP contribution >= 0.6 is 12.4 Å². The van der Waals surface area contributed by atoms with Gasteiger partial charge in [0.1, 0.15) is 11.6 Å². The molecule has 20 heavy (non-hydrogen) atoms. The highest BCUT2D eigenvalue weighted by molar-refractivity contribution is 5.85. The van der Waals surface area contributed by atoms with E-state index >= 15 is 0 Å². The Balaban J connectivity index is 0.00000200. The van der Waals surface area contributed by atoms with Crippen molar-refractivity contribution in [1.29, 1.82) is 0 Å². The van der Waals surface area contributed by atoms with Gasteiger partial charge in [0.2, 0.25) is 0 Å². The SMILES string of the molecule is CCC[C@@H](c1ccc(OC)cc1F)N1CCNCC1.Cl. The first-order valence-corrected chi connectivity index (χ1v) is 7.04. The molecule has 1 atom stereocenters. The minimum Gasteiger partial charge on any atom is -0.497 e. The van der Waals surface area contributed by atoms with Gasteiger partial charge in [-0.2, -0.15) is 0 Å². The fourth-order valence-corrected chi connectivity index (χ4v) is 2.71. The monoisotopic (exact) mass is 302 g/mol. The summed E-state index contributed by atoms with van der Waals surface area (Å²) in [6, 6.07) is 5.39. The van der Waals surface area contributed by atoms with Crippen molar-refractivity contribution in [2.45, 2.75) is 25.8 Å². The Morgan fingerprint density at radius 1 is 1.35 bits per heavy atom. The maximum absolute atomic E-state index is 14.2. The van der Waals surface area contributed by atoms with Crippen LogP contribution < -0.4 is 10.1 Å². The zero-order valence-electron chi connectivity index (χ0n) is 12.2. The Bertz CT molecular complexity index is 411. The normalized spacial score (nSPS) is 17.4. The van der Waals surface area contributed by atoms with Crippen molar-refractivity contribution in [1.82, 2.24) is 10.2 Å². The van der Waals surface area contributed by atoms with Gasteiger partial charge in [-0.25, -0.2) is 4.39 Å². The molecule has 0 unspecified atom stereocenters. The maximum Gasteiger partial charge on any atom is 0.131 e. The summed E-state index contributed by atoms with van der Waals surface area (Å²) in [5.74, 6) is 0.424. The summed E-state index contributed by atoms with van der Waals surface area (Å²) in [7, 11) is 1.56. The number of hydrogen-bond donors (Lipinski definition) is 1. The molecule has 1 heterocycles. The highest BCUT2D eigenvalue weighted by atomic mass is 35.5. The Kier molecular flexibility index (Phi) is 7.27. The van der Waals surface area contributed by atoms with Crippen LogP contribution in [0.4, 0.5) is 4.39 Å². The van der Waals surface area contributed by atoms with Crippen LogP contribution in [0.3, 0.4) is 0 Å². The van der Waals surface area contributed by atoms with Crippen LogP contribution in [-0.4, -0.2) is 38.2 Å². The number of hydrogen-bond acceptors (Lipinski definition) is 3. The van der Waals surface area contributed by atoms with Gasteiger partial charge in [0, 0.05) is 43.9 Å². The summed E-state index contributed by atoms with van der Waals surface area (Å²) in [6.45, 7) is 6.08. The Labute approximate surface area is 126 Å². The number of nitrogens with zero attached hydrogens (tertiary/aromatic N) is 1. The van der Waals surface area contributed by atoms with E-state index in [0.717, 1.165) is 44.6 Å². The second-order valence-corrected chi connectivity index (χ2v) is 4.98. The van der Waals surface area contributed by atoms with Gasteiger partial charge < -0.3 is 10.1 Å². The summed E-state index contributed by atoms with van der Waals surface area (Å²) in [4.78, 5) is 2.38. The van der Waals surface area contributed by atoms with E-state index in [2.05, 4.69) is 17.1 Å². The van der Waals surface area contributed by atoms with Crippen molar-refractivity contribution < 1.29 is 9.13 Å². The molecule has 0 radical (unpaired) electrons. The smallest absolute Gasteiger partial charge is 0.131 e. The van der Waals surface area contributed by atoms with E-state index in [-0.39, 0.29) is 24.3 Å². The Hall–Kier alpha value is -0.840. The highest BCUT2D eigenvalue weighted by Gasteiger charge is 2.23. The van der Waals surface area contributed by atoms with Gasteiger partial charge in [-0.05, 0) is 12.5 Å². The minimum atomic E-state index is -0.156. The van der Waals surface area contributed by atoms with Crippen LogP contribution in [0.5, 0.6) is 5.75 Å². The standard InChI is InChI=1S/C15H23FN2O.ClH/c1-3-4-15(18-9-7-17-8-10-18)13-6-5-12(19-2)11-14(13)16;/h5-6,11,15,17H,3-4,7-10H2,1-2H3;1H/t15-;/m0./s1. The van der Waals surface area contributed by atoms with Crippen molar-refractivity contribution in [3.05, 3.63) is 29.6 Å².